The van der Waals surface area contributed by atoms with Crippen LogP contribution >= 0.6 is 0 Å². The van der Waals surface area contributed by atoms with E-state index < -0.39 is 6.10 Å². The molecule has 4 saturated carbocycles. The van der Waals surface area contributed by atoms with Crippen LogP contribution in [0.25, 0.3) is 0 Å². The van der Waals surface area contributed by atoms with E-state index in [1.165, 1.54) is 6.07 Å². The predicted octanol–water partition coefficient (Wildman–Crippen LogP) is 3.23. The molecule has 5 heteroatoms. The highest BCUT2D eigenvalue weighted by molar-refractivity contribution is 5.38. The number of rotatable bonds is 1. The van der Waals surface area contributed by atoms with Crippen LogP contribution in [0.15, 0.2) is 27.6 Å². The number of aliphatic hydroxyl groups excluding tert-OH is 2. The summed E-state index contributed by atoms with van der Waals surface area (Å²) >= 11 is 0. The summed E-state index contributed by atoms with van der Waals surface area (Å²) in [5.74, 6) is 1.63. The lowest BCUT2D eigenvalue weighted by molar-refractivity contribution is -0.143. The lowest BCUT2D eigenvalue weighted by Crippen LogP contribution is -2.58. The minimum atomic E-state index is -0.551. The third kappa shape index (κ3) is 2.14. The van der Waals surface area contributed by atoms with E-state index in [0.29, 0.717) is 17.8 Å². The van der Waals surface area contributed by atoms with Crippen LogP contribution in [-0.4, -0.2) is 34.1 Å². The van der Waals surface area contributed by atoms with Gasteiger partial charge in [-0.1, -0.05) is 13.8 Å². The average molecular weight is 401 g/mol. The first-order valence-corrected chi connectivity index (χ1v) is 11.4. The van der Waals surface area contributed by atoms with Gasteiger partial charge in [-0.2, -0.15) is 0 Å². The van der Waals surface area contributed by atoms with Gasteiger partial charge in [0.25, 0.3) is 0 Å². The molecule has 158 valence electrons. The monoisotopic (exact) mass is 400 g/mol. The Morgan fingerprint density at radius 1 is 1.03 bits per heavy atom. The minimum Gasteiger partial charge on any atom is -0.431 e. The molecule has 0 aromatic carbocycles. The van der Waals surface area contributed by atoms with Crippen molar-refractivity contribution in [2.75, 3.05) is 0 Å². The first-order valence-electron chi connectivity index (χ1n) is 11.4. The van der Waals surface area contributed by atoms with Crippen LogP contribution < -0.4 is 5.63 Å². The zero-order chi connectivity index (χ0) is 20.2. The lowest BCUT2D eigenvalue weighted by atomic mass is 9.44. The van der Waals surface area contributed by atoms with Crippen molar-refractivity contribution in [3.8, 4) is 0 Å². The van der Waals surface area contributed by atoms with E-state index in [0.717, 1.165) is 50.5 Å². The highest BCUT2D eigenvalue weighted by Crippen LogP contribution is 2.77. The maximum atomic E-state index is 11.5. The van der Waals surface area contributed by atoms with Gasteiger partial charge >= 0.3 is 5.63 Å². The van der Waals surface area contributed by atoms with E-state index in [1.807, 2.05) is 6.07 Å². The van der Waals surface area contributed by atoms with Crippen LogP contribution in [0, 0.1) is 28.6 Å². The second-order valence-corrected chi connectivity index (χ2v) is 11.1. The summed E-state index contributed by atoms with van der Waals surface area (Å²) in [5.41, 5.74) is 0.457. The zero-order valence-corrected chi connectivity index (χ0v) is 17.3. The first-order chi connectivity index (χ1) is 13.8. The molecule has 2 heterocycles. The van der Waals surface area contributed by atoms with E-state index in [1.54, 1.807) is 6.26 Å². The van der Waals surface area contributed by atoms with Gasteiger partial charge in [0.2, 0.25) is 0 Å². The number of ether oxygens (including phenoxy) is 1. The maximum Gasteiger partial charge on any atom is 0.335 e. The normalized spacial score (nSPS) is 55.4. The van der Waals surface area contributed by atoms with Crippen LogP contribution in [0.1, 0.15) is 70.3 Å². The molecule has 4 aliphatic carbocycles. The van der Waals surface area contributed by atoms with Gasteiger partial charge in [0, 0.05) is 17.4 Å². The number of aliphatic hydroxyl groups is 2. The molecule has 6 rings (SSSR count). The summed E-state index contributed by atoms with van der Waals surface area (Å²) in [6.45, 7) is 4.76. The van der Waals surface area contributed by atoms with Gasteiger partial charge in [0.1, 0.15) is 11.7 Å². The van der Waals surface area contributed by atoms with Crippen molar-refractivity contribution in [2.45, 2.75) is 88.6 Å². The molecule has 5 fully saturated rings. The van der Waals surface area contributed by atoms with Gasteiger partial charge in [0.05, 0.1) is 18.5 Å². The summed E-state index contributed by atoms with van der Waals surface area (Å²) in [6, 6.07) is 3.30. The fraction of sp³-hybridized carbons (Fsp3) is 0.792. The molecule has 29 heavy (non-hydrogen) atoms. The summed E-state index contributed by atoms with van der Waals surface area (Å²) < 4.78 is 11.6. The highest BCUT2D eigenvalue weighted by Gasteiger charge is 2.83. The Labute approximate surface area is 171 Å². The van der Waals surface area contributed by atoms with E-state index in [2.05, 4.69) is 13.8 Å². The molecule has 0 radical (unpaired) electrons. The van der Waals surface area contributed by atoms with E-state index in [-0.39, 0.29) is 40.2 Å². The van der Waals surface area contributed by atoms with Gasteiger partial charge in [-0.05, 0) is 79.7 Å². The van der Waals surface area contributed by atoms with Crippen LogP contribution in [0.5, 0.6) is 0 Å². The Balaban J connectivity index is 1.38. The van der Waals surface area contributed by atoms with Gasteiger partial charge in [-0.15, -0.1) is 0 Å². The highest BCUT2D eigenvalue weighted by atomic mass is 16.6. The third-order valence-corrected chi connectivity index (χ3v) is 10.2. The Morgan fingerprint density at radius 2 is 1.86 bits per heavy atom. The van der Waals surface area contributed by atoms with Crippen molar-refractivity contribution in [1.82, 2.24) is 0 Å². The SMILES string of the molecule is C[C@]12CC[C@H](O)C[C@H]1CC[C@H]1[C@@H]2CC[C@@]2(C)[C@@H](c3ccc(=O)oc3)[C@@H](O)[C@H]3O[C@]312. The number of epoxide rings is 1. The van der Waals surface area contributed by atoms with Gasteiger partial charge in [-0.3, -0.25) is 0 Å². The van der Waals surface area contributed by atoms with Gasteiger partial charge in [-0.25, -0.2) is 4.79 Å². The lowest BCUT2D eigenvalue weighted by Gasteiger charge is -2.61. The molecule has 1 aromatic rings. The van der Waals surface area contributed by atoms with Crippen LogP contribution in [0.3, 0.4) is 0 Å². The number of hydrogen-bond donors (Lipinski definition) is 2. The van der Waals surface area contributed by atoms with Gasteiger partial charge in [0.15, 0.2) is 0 Å². The molecule has 1 spiro atoms. The van der Waals surface area contributed by atoms with Crippen molar-refractivity contribution < 1.29 is 19.4 Å². The molecule has 0 unspecified atom stereocenters. The van der Waals surface area contributed by atoms with Crippen molar-refractivity contribution in [3.05, 3.63) is 34.4 Å². The molecule has 0 amide bonds. The second kappa shape index (κ2) is 5.74. The van der Waals surface area contributed by atoms with Crippen molar-refractivity contribution in [1.29, 1.82) is 0 Å². The van der Waals surface area contributed by atoms with Crippen LogP contribution in [-0.2, 0) is 4.74 Å². The zero-order valence-electron chi connectivity index (χ0n) is 17.3. The van der Waals surface area contributed by atoms with Crippen molar-refractivity contribution in [3.63, 3.8) is 0 Å². The molecule has 5 nitrogen and oxygen atoms in total. The molecular formula is C24H32O5. The smallest absolute Gasteiger partial charge is 0.335 e. The molecule has 5 aliphatic rings. The largest absolute Gasteiger partial charge is 0.431 e. The van der Waals surface area contributed by atoms with Crippen molar-refractivity contribution in [2.24, 2.45) is 28.6 Å². The summed E-state index contributed by atoms with van der Waals surface area (Å²) in [4.78, 5) is 11.5. The first kappa shape index (κ1) is 18.6. The molecule has 10 atom stereocenters. The average Bonchev–Trinajstić information content (AvgIpc) is 3.40. The maximum absolute atomic E-state index is 11.5. The minimum absolute atomic E-state index is 0.0507. The van der Waals surface area contributed by atoms with E-state index in [9.17, 15) is 15.0 Å². The topological polar surface area (TPSA) is 83.2 Å². The quantitative estimate of drug-likeness (QED) is 0.707. The predicted molar refractivity (Wildman–Crippen MR) is 106 cm³/mol. The van der Waals surface area contributed by atoms with Crippen LogP contribution in [0.4, 0.5) is 0 Å². The summed E-state index contributed by atoms with van der Waals surface area (Å²) in [6.07, 6.45) is 8.19. The number of hydrogen-bond acceptors (Lipinski definition) is 5. The Kier molecular flexibility index (Phi) is 3.68. The summed E-state index contributed by atoms with van der Waals surface area (Å²) in [5, 5.41) is 21.5. The molecule has 1 saturated heterocycles. The Hall–Kier alpha value is -1.17. The fourth-order valence-electron chi connectivity index (χ4n) is 8.81. The summed E-state index contributed by atoms with van der Waals surface area (Å²) in [7, 11) is 0. The molecule has 0 bridgehead atoms. The van der Waals surface area contributed by atoms with Crippen molar-refractivity contribution >= 4 is 0 Å². The fourth-order valence-corrected chi connectivity index (χ4v) is 8.81. The molecule has 2 N–H and O–H groups in total. The Morgan fingerprint density at radius 3 is 2.62 bits per heavy atom. The molecule has 1 aliphatic heterocycles. The van der Waals surface area contributed by atoms with Gasteiger partial charge < -0.3 is 19.4 Å². The standard InChI is InChI=1S/C24H32O5/c1-22-9-7-15(25)11-14(22)4-5-17-16(22)8-10-23(2)19(13-3-6-18(26)28-12-13)20(27)21-24(17,23)29-21/h3,6,12,14-17,19-21,25,27H,4-5,7-11H2,1-2H3/t14-,15+,16+,17+,19+,20-,21-,22+,23+,24+/m1/s1. The van der Waals surface area contributed by atoms with E-state index >= 15 is 0 Å². The molecule has 1 aromatic heterocycles. The Bertz CT molecular complexity index is 875. The second-order valence-electron chi connectivity index (χ2n) is 11.1. The van der Waals surface area contributed by atoms with Crippen LogP contribution in [0.2, 0.25) is 0 Å². The third-order valence-electron chi connectivity index (χ3n) is 10.2. The molecular weight excluding hydrogens is 368 g/mol. The number of fused-ring (bicyclic) bond motifs is 3. The van der Waals surface area contributed by atoms with E-state index in [4.69, 9.17) is 9.15 Å².